The molecule has 1 amide bonds. The van der Waals surface area contributed by atoms with Crippen LogP contribution in [0.4, 0.5) is 5.69 Å². The molecule has 0 aromatic heterocycles. The number of nitrogen functional groups attached to an aromatic ring is 1. The fourth-order valence-corrected chi connectivity index (χ4v) is 3.16. The average molecular weight is 250 g/mol. The van der Waals surface area contributed by atoms with Gasteiger partial charge in [-0.3, -0.25) is 4.79 Å². The monoisotopic (exact) mass is 250 g/mol. The molecule has 0 bridgehead atoms. The van der Waals surface area contributed by atoms with Crippen LogP contribution in [0.1, 0.15) is 24.0 Å². The molecule has 0 saturated carbocycles. The van der Waals surface area contributed by atoms with Gasteiger partial charge in [-0.1, -0.05) is 12.1 Å². The fraction of sp³-hybridized carbons (Fsp3) is 0.462. The van der Waals surface area contributed by atoms with E-state index < -0.39 is 0 Å². The molecule has 1 aromatic rings. The van der Waals surface area contributed by atoms with Gasteiger partial charge in [-0.15, -0.1) is 11.8 Å². The highest BCUT2D eigenvalue weighted by molar-refractivity contribution is 8.00. The number of thioether (sulfide) groups is 1. The van der Waals surface area contributed by atoms with E-state index in [4.69, 9.17) is 5.73 Å². The Kier molecular flexibility index (Phi) is 3.94. The van der Waals surface area contributed by atoms with E-state index in [2.05, 4.69) is 5.32 Å². The third kappa shape index (κ3) is 2.94. The van der Waals surface area contributed by atoms with Gasteiger partial charge in [0, 0.05) is 12.2 Å². The summed E-state index contributed by atoms with van der Waals surface area (Å²) in [6.07, 6.45) is 2.16. The van der Waals surface area contributed by atoms with Crippen molar-refractivity contribution in [2.75, 3.05) is 11.5 Å². The van der Waals surface area contributed by atoms with Crippen LogP contribution in [0.2, 0.25) is 0 Å². The Morgan fingerprint density at radius 1 is 1.59 bits per heavy atom. The van der Waals surface area contributed by atoms with E-state index in [1.165, 1.54) is 0 Å². The largest absolute Gasteiger partial charge is 0.399 e. The molecule has 1 heterocycles. The molecule has 1 aliphatic rings. The van der Waals surface area contributed by atoms with Gasteiger partial charge >= 0.3 is 0 Å². The number of nitrogens with two attached hydrogens (primary N) is 1. The lowest BCUT2D eigenvalue weighted by molar-refractivity contribution is -0.120. The van der Waals surface area contributed by atoms with Crippen molar-refractivity contribution in [1.29, 1.82) is 0 Å². The van der Waals surface area contributed by atoms with Crippen LogP contribution < -0.4 is 11.1 Å². The normalized spacial score (nSPS) is 19.2. The molecule has 2 rings (SSSR count). The maximum absolute atomic E-state index is 11.9. The number of nitrogens with one attached hydrogen (secondary N) is 1. The van der Waals surface area contributed by atoms with E-state index in [-0.39, 0.29) is 11.2 Å². The Labute approximate surface area is 106 Å². The second-order valence-corrected chi connectivity index (χ2v) is 5.66. The highest BCUT2D eigenvalue weighted by Gasteiger charge is 2.22. The Hall–Kier alpha value is -1.16. The second-order valence-electron chi connectivity index (χ2n) is 4.35. The molecule has 17 heavy (non-hydrogen) atoms. The van der Waals surface area contributed by atoms with Crippen LogP contribution >= 0.6 is 11.8 Å². The quantitative estimate of drug-likeness (QED) is 0.808. The van der Waals surface area contributed by atoms with Crippen LogP contribution in [0.3, 0.4) is 0 Å². The first-order valence-electron chi connectivity index (χ1n) is 5.92. The van der Waals surface area contributed by atoms with Gasteiger partial charge in [0.15, 0.2) is 0 Å². The number of benzene rings is 1. The zero-order valence-electron chi connectivity index (χ0n) is 10.0. The van der Waals surface area contributed by atoms with Crippen LogP contribution in [-0.2, 0) is 11.3 Å². The summed E-state index contributed by atoms with van der Waals surface area (Å²) in [5.74, 6) is 1.27. The molecule has 3 nitrogen and oxygen atoms in total. The first-order chi connectivity index (χ1) is 8.18. The molecule has 4 heteroatoms. The minimum absolute atomic E-state index is 0.149. The lowest BCUT2D eigenvalue weighted by Gasteiger charge is -2.12. The zero-order valence-corrected chi connectivity index (χ0v) is 10.8. The van der Waals surface area contributed by atoms with Crippen LogP contribution in [0.25, 0.3) is 0 Å². The van der Waals surface area contributed by atoms with Gasteiger partial charge in [-0.05, 0) is 42.7 Å². The molecule has 1 saturated heterocycles. The Morgan fingerprint density at radius 2 is 2.41 bits per heavy atom. The molecule has 92 valence electrons. The Balaban J connectivity index is 1.93. The highest BCUT2D eigenvalue weighted by atomic mass is 32.2. The predicted octanol–water partition coefficient (Wildman–Crippen LogP) is 2.09. The maximum Gasteiger partial charge on any atom is 0.233 e. The minimum Gasteiger partial charge on any atom is -0.399 e. The van der Waals surface area contributed by atoms with Gasteiger partial charge in [-0.25, -0.2) is 0 Å². The van der Waals surface area contributed by atoms with Crippen molar-refractivity contribution >= 4 is 23.4 Å². The summed E-state index contributed by atoms with van der Waals surface area (Å²) in [5.41, 5.74) is 8.78. The Morgan fingerprint density at radius 3 is 3.12 bits per heavy atom. The Bertz CT molecular complexity index is 414. The summed E-state index contributed by atoms with van der Waals surface area (Å²) in [7, 11) is 0. The smallest absolute Gasteiger partial charge is 0.233 e. The van der Waals surface area contributed by atoms with Crippen LogP contribution in [0, 0.1) is 6.92 Å². The fourth-order valence-electron chi connectivity index (χ4n) is 1.98. The number of anilines is 1. The van der Waals surface area contributed by atoms with Crippen molar-refractivity contribution < 1.29 is 4.79 Å². The first-order valence-corrected chi connectivity index (χ1v) is 6.96. The minimum atomic E-state index is 0.149. The van der Waals surface area contributed by atoms with Crippen molar-refractivity contribution in [2.24, 2.45) is 0 Å². The van der Waals surface area contributed by atoms with Gasteiger partial charge in [0.25, 0.3) is 0 Å². The van der Waals surface area contributed by atoms with Gasteiger partial charge < -0.3 is 11.1 Å². The predicted molar refractivity (Wildman–Crippen MR) is 72.9 cm³/mol. The molecular weight excluding hydrogens is 232 g/mol. The van der Waals surface area contributed by atoms with Gasteiger partial charge in [0.1, 0.15) is 0 Å². The summed E-state index contributed by atoms with van der Waals surface area (Å²) in [5, 5.41) is 3.14. The van der Waals surface area contributed by atoms with E-state index >= 15 is 0 Å². The number of rotatable bonds is 3. The van der Waals surface area contributed by atoms with Gasteiger partial charge in [0.2, 0.25) is 5.91 Å². The average Bonchev–Trinajstić information content (AvgIpc) is 2.84. The SMILES string of the molecule is Cc1c(N)cccc1CNC(=O)C1CCCS1. The molecular formula is C13H18N2OS. The van der Waals surface area contributed by atoms with E-state index in [1.807, 2.05) is 25.1 Å². The van der Waals surface area contributed by atoms with Crippen LogP contribution in [0.15, 0.2) is 18.2 Å². The van der Waals surface area contributed by atoms with Crippen molar-refractivity contribution in [3.05, 3.63) is 29.3 Å². The summed E-state index contributed by atoms with van der Waals surface area (Å²) in [4.78, 5) is 11.9. The first kappa shape index (κ1) is 12.3. The molecule has 1 fully saturated rings. The molecule has 1 atom stereocenters. The molecule has 1 aliphatic heterocycles. The number of hydrogen-bond donors (Lipinski definition) is 2. The third-order valence-corrected chi connectivity index (χ3v) is 4.54. The van der Waals surface area contributed by atoms with E-state index in [1.54, 1.807) is 11.8 Å². The zero-order chi connectivity index (χ0) is 12.3. The standard InChI is InChI=1S/C13H18N2OS/c1-9-10(4-2-5-11(9)14)8-15-13(16)12-6-3-7-17-12/h2,4-5,12H,3,6-8,14H2,1H3,(H,15,16). The molecule has 3 N–H and O–H groups in total. The van der Waals surface area contributed by atoms with Crippen LogP contribution in [0.5, 0.6) is 0 Å². The maximum atomic E-state index is 11.9. The lowest BCUT2D eigenvalue weighted by Crippen LogP contribution is -2.31. The lowest BCUT2D eigenvalue weighted by atomic mass is 10.1. The summed E-state index contributed by atoms with van der Waals surface area (Å²) >= 11 is 1.76. The number of hydrogen-bond acceptors (Lipinski definition) is 3. The van der Waals surface area contributed by atoms with Gasteiger partial charge in [0.05, 0.1) is 5.25 Å². The van der Waals surface area contributed by atoms with E-state index in [0.717, 1.165) is 35.4 Å². The summed E-state index contributed by atoms with van der Waals surface area (Å²) < 4.78 is 0. The van der Waals surface area contributed by atoms with Crippen molar-refractivity contribution in [2.45, 2.75) is 31.6 Å². The van der Waals surface area contributed by atoms with E-state index in [9.17, 15) is 4.79 Å². The van der Waals surface area contributed by atoms with E-state index in [0.29, 0.717) is 6.54 Å². The van der Waals surface area contributed by atoms with Crippen molar-refractivity contribution in [1.82, 2.24) is 5.32 Å². The molecule has 1 unspecified atom stereocenters. The van der Waals surface area contributed by atoms with Crippen molar-refractivity contribution in [3.63, 3.8) is 0 Å². The highest BCUT2D eigenvalue weighted by Crippen LogP contribution is 2.26. The van der Waals surface area contributed by atoms with Crippen LogP contribution in [-0.4, -0.2) is 16.9 Å². The molecule has 1 aromatic carbocycles. The van der Waals surface area contributed by atoms with Crippen molar-refractivity contribution in [3.8, 4) is 0 Å². The number of carbonyl (C=O) groups is 1. The van der Waals surface area contributed by atoms with Gasteiger partial charge in [-0.2, -0.15) is 0 Å². The number of amides is 1. The summed E-state index contributed by atoms with van der Waals surface area (Å²) in [6.45, 7) is 2.56. The summed E-state index contributed by atoms with van der Waals surface area (Å²) in [6, 6.07) is 5.81. The molecule has 0 spiro atoms. The second kappa shape index (κ2) is 5.45. The topological polar surface area (TPSA) is 55.1 Å². The number of carbonyl (C=O) groups excluding carboxylic acids is 1. The third-order valence-electron chi connectivity index (χ3n) is 3.16. The molecule has 0 radical (unpaired) electrons. The molecule has 0 aliphatic carbocycles.